The lowest BCUT2D eigenvalue weighted by atomic mass is 10.1. The maximum Gasteiger partial charge on any atom is 0.251 e. The van der Waals surface area contributed by atoms with Gasteiger partial charge in [0.15, 0.2) is 11.5 Å². The number of anilines is 2. The van der Waals surface area contributed by atoms with Gasteiger partial charge in [0.1, 0.15) is 23.0 Å². The average molecular weight is 515 g/mol. The highest BCUT2D eigenvalue weighted by molar-refractivity contribution is 5.99. The van der Waals surface area contributed by atoms with Crippen molar-refractivity contribution in [3.63, 3.8) is 0 Å². The number of oxazole rings is 1. The van der Waals surface area contributed by atoms with Crippen molar-refractivity contribution in [1.82, 2.24) is 25.3 Å². The quantitative estimate of drug-likeness (QED) is 0.289. The van der Waals surface area contributed by atoms with Crippen molar-refractivity contribution in [2.24, 2.45) is 0 Å². The third-order valence-electron chi connectivity index (χ3n) is 6.41. The Hall–Kier alpha value is -4.64. The van der Waals surface area contributed by atoms with Gasteiger partial charge in [-0.05, 0) is 35.9 Å². The highest BCUT2D eigenvalue weighted by Gasteiger charge is 2.23. The Morgan fingerprint density at radius 2 is 2.05 bits per heavy atom. The molecule has 194 valence electrons. The van der Waals surface area contributed by atoms with Crippen LogP contribution in [0.1, 0.15) is 22.7 Å². The van der Waals surface area contributed by atoms with E-state index in [2.05, 4.69) is 20.6 Å². The first-order valence-electron chi connectivity index (χ1n) is 12.2. The van der Waals surface area contributed by atoms with Crippen molar-refractivity contribution in [3.8, 4) is 22.8 Å². The Bertz CT molecular complexity index is 1650. The van der Waals surface area contributed by atoms with Crippen LogP contribution in [0.15, 0.2) is 47.0 Å². The van der Waals surface area contributed by atoms with Gasteiger partial charge in [-0.1, -0.05) is 6.07 Å². The van der Waals surface area contributed by atoms with Crippen LogP contribution in [0.4, 0.5) is 11.6 Å². The van der Waals surface area contributed by atoms with Crippen LogP contribution in [-0.2, 0) is 4.74 Å². The van der Waals surface area contributed by atoms with Gasteiger partial charge >= 0.3 is 0 Å². The summed E-state index contributed by atoms with van der Waals surface area (Å²) in [5.74, 6) is 1.62. The molecule has 0 radical (unpaired) electrons. The number of aryl methyl sites for hydroxylation is 1. The van der Waals surface area contributed by atoms with E-state index in [0.717, 1.165) is 28.5 Å². The lowest BCUT2D eigenvalue weighted by Crippen LogP contribution is -2.18. The number of carbonyl (C=O) groups is 1. The van der Waals surface area contributed by atoms with Crippen LogP contribution in [0.2, 0.25) is 0 Å². The van der Waals surface area contributed by atoms with Gasteiger partial charge in [-0.25, -0.2) is 4.98 Å². The predicted molar refractivity (Wildman–Crippen MR) is 141 cm³/mol. The highest BCUT2D eigenvalue weighted by atomic mass is 16.5. The lowest BCUT2D eigenvalue weighted by molar-refractivity contribution is 0.0962. The first-order valence-corrected chi connectivity index (χ1v) is 12.2. The Kier molecular flexibility index (Phi) is 6.04. The zero-order valence-electron chi connectivity index (χ0n) is 21.1. The Morgan fingerprint density at radius 1 is 1.16 bits per heavy atom. The Morgan fingerprint density at radius 3 is 2.84 bits per heavy atom. The number of amides is 1. The van der Waals surface area contributed by atoms with Crippen LogP contribution < -0.4 is 20.1 Å². The van der Waals surface area contributed by atoms with Gasteiger partial charge in [-0.2, -0.15) is 9.97 Å². The molecular weight excluding hydrogens is 488 g/mol. The number of carbonyl (C=O) groups excluding carboxylic acids is 1. The molecule has 0 saturated carbocycles. The fourth-order valence-corrected chi connectivity index (χ4v) is 4.54. The van der Waals surface area contributed by atoms with Crippen molar-refractivity contribution in [2.75, 3.05) is 32.7 Å². The van der Waals surface area contributed by atoms with Crippen LogP contribution >= 0.6 is 0 Å². The second-order valence-corrected chi connectivity index (χ2v) is 8.92. The lowest BCUT2D eigenvalue weighted by Gasteiger charge is -2.15. The van der Waals surface area contributed by atoms with E-state index in [1.54, 1.807) is 25.2 Å². The molecule has 6 rings (SSSR count). The molecule has 1 aliphatic heterocycles. The van der Waals surface area contributed by atoms with Crippen molar-refractivity contribution in [3.05, 3.63) is 54.0 Å². The molecule has 3 N–H and O–H groups in total. The van der Waals surface area contributed by atoms with E-state index in [-0.39, 0.29) is 12.0 Å². The number of nitrogens with zero attached hydrogens (tertiary/aromatic N) is 3. The van der Waals surface area contributed by atoms with E-state index >= 15 is 0 Å². The molecule has 1 atom stereocenters. The first-order chi connectivity index (χ1) is 18.5. The fraction of sp³-hybridized carbons (Fsp3) is 0.259. The van der Waals surface area contributed by atoms with E-state index in [4.69, 9.17) is 28.6 Å². The molecule has 5 aromatic rings. The Labute approximate surface area is 217 Å². The molecule has 3 aromatic heterocycles. The normalized spacial score (nSPS) is 15.2. The molecule has 38 heavy (non-hydrogen) atoms. The van der Waals surface area contributed by atoms with E-state index in [0.29, 0.717) is 59.2 Å². The van der Waals surface area contributed by atoms with E-state index in [1.165, 1.54) is 7.11 Å². The summed E-state index contributed by atoms with van der Waals surface area (Å²) in [4.78, 5) is 29.1. The van der Waals surface area contributed by atoms with Crippen LogP contribution in [-0.4, -0.2) is 59.3 Å². The van der Waals surface area contributed by atoms with Gasteiger partial charge < -0.3 is 34.2 Å². The highest BCUT2D eigenvalue weighted by Crippen LogP contribution is 2.37. The maximum atomic E-state index is 12.0. The summed E-state index contributed by atoms with van der Waals surface area (Å²) in [6, 6.07) is 11.0. The molecule has 11 nitrogen and oxygen atoms in total. The van der Waals surface area contributed by atoms with E-state index in [1.807, 2.05) is 31.3 Å². The Balaban J connectivity index is 1.42. The molecule has 1 saturated heterocycles. The molecule has 0 unspecified atom stereocenters. The number of rotatable bonds is 7. The van der Waals surface area contributed by atoms with Crippen molar-refractivity contribution < 1.29 is 23.4 Å². The number of nitrogens with one attached hydrogen (secondary N) is 3. The topological polar surface area (TPSA) is 136 Å². The minimum absolute atomic E-state index is 0.121. The van der Waals surface area contributed by atoms with Crippen molar-refractivity contribution in [1.29, 1.82) is 0 Å². The molecule has 1 aliphatic rings. The molecule has 0 aliphatic carbocycles. The third kappa shape index (κ3) is 4.37. The second kappa shape index (κ2) is 9.67. The number of aromatic nitrogens is 4. The summed E-state index contributed by atoms with van der Waals surface area (Å²) in [7, 11) is 3.12. The van der Waals surface area contributed by atoms with E-state index in [9.17, 15) is 4.79 Å². The molecule has 4 heterocycles. The molecule has 0 spiro atoms. The number of fused-ring (bicyclic) bond motifs is 2. The third-order valence-corrected chi connectivity index (χ3v) is 6.41. The molecule has 1 fully saturated rings. The molecule has 1 amide bonds. The van der Waals surface area contributed by atoms with Gasteiger partial charge in [0.25, 0.3) is 5.91 Å². The summed E-state index contributed by atoms with van der Waals surface area (Å²) >= 11 is 0. The number of benzene rings is 2. The van der Waals surface area contributed by atoms with Gasteiger partial charge in [0.05, 0.1) is 31.4 Å². The van der Waals surface area contributed by atoms with Crippen LogP contribution in [0, 0.1) is 6.92 Å². The number of aromatic amines is 1. The minimum atomic E-state index is -0.209. The van der Waals surface area contributed by atoms with Gasteiger partial charge in [0, 0.05) is 37.7 Å². The predicted octanol–water partition coefficient (Wildman–Crippen LogP) is 4.35. The number of H-pyrrole nitrogens is 1. The van der Waals surface area contributed by atoms with Crippen LogP contribution in [0.3, 0.4) is 0 Å². The summed E-state index contributed by atoms with van der Waals surface area (Å²) in [5.41, 5.74) is 4.97. The summed E-state index contributed by atoms with van der Waals surface area (Å²) in [6.45, 7) is 2.96. The standard InChI is InChI=1S/C27H26N6O5/c1-14-30-20-6-4-15(10-22(20)37-14)18-12-29-24-23(18)26(38-17-8-9-36-13-17)33-27(32-24)31-19-7-5-16(25(34)28-2)11-21(19)35-3/h4-7,10-12,17H,8-9,13H2,1-3H3,(H,28,34)(H2,29,31,32,33)/t17-/m0/s1. The molecule has 0 bridgehead atoms. The number of ether oxygens (including phenoxy) is 3. The van der Waals surface area contributed by atoms with Gasteiger partial charge in [0.2, 0.25) is 11.8 Å². The van der Waals surface area contributed by atoms with Crippen molar-refractivity contribution >= 4 is 39.7 Å². The largest absolute Gasteiger partial charge is 0.495 e. The maximum absolute atomic E-state index is 12.0. The fourth-order valence-electron chi connectivity index (χ4n) is 4.54. The smallest absolute Gasteiger partial charge is 0.251 e. The van der Waals surface area contributed by atoms with Crippen LogP contribution in [0.25, 0.3) is 33.3 Å². The zero-order chi connectivity index (χ0) is 26.2. The summed E-state index contributed by atoms with van der Waals surface area (Å²) in [5, 5.41) is 6.57. The first kappa shape index (κ1) is 23.7. The average Bonchev–Trinajstić information content (AvgIpc) is 3.67. The zero-order valence-corrected chi connectivity index (χ0v) is 21.1. The van der Waals surface area contributed by atoms with Crippen molar-refractivity contribution in [2.45, 2.75) is 19.4 Å². The summed E-state index contributed by atoms with van der Waals surface area (Å²) < 4.78 is 23.1. The van der Waals surface area contributed by atoms with Gasteiger partial charge in [-0.15, -0.1) is 0 Å². The monoisotopic (exact) mass is 514 g/mol. The number of hydrogen-bond acceptors (Lipinski definition) is 9. The minimum Gasteiger partial charge on any atom is -0.495 e. The second-order valence-electron chi connectivity index (χ2n) is 8.92. The molecule has 2 aromatic carbocycles. The SMILES string of the molecule is CNC(=O)c1ccc(Nc2nc(O[C@H]3CCOC3)c3c(-c4ccc5nc(C)oc5c4)c[nH]c3n2)c(OC)c1. The summed E-state index contributed by atoms with van der Waals surface area (Å²) in [6.07, 6.45) is 2.53. The van der Waals surface area contributed by atoms with Gasteiger partial charge in [-0.3, -0.25) is 4.79 Å². The van der Waals surface area contributed by atoms with Crippen LogP contribution in [0.5, 0.6) is 11.6 Å². The molecule has 11 heteroatoms. The molecular formula is C27H26N6O5. The number of hydrogen-bond donors (Lipinski definition) is 3. The number of methoxy groups -OCH3 is 1. The van der Waals surface area contributed by atoms with E-state index < -0.39 is 0 Å².